The van der Waals surface area contributed by atoms with E-state index in [9.17, 15) is 91.6 Å². The number of aliphatic imine (C=N–C) groups is 11. The van der Waals surface area contributed by atoms with Crippen LogP contribution in [0.3, 0.4) is 0 Å². The van der Waals surface area contributed by atoms with Crippen molar-refractivity contribution < 1.29 is 91.6 Å². The molecule has 38 nitrogen and oxygen atoms in total. The van der Waals surface area contributed by atoms with E-state index >= 15 is 0 Å². The topological polar surface area (TPSA) is 686 Å². The van der Waals surface area contributed by atoms with Gasteiger partial charge in [0, 0.05) is 101 Å². The summed E-state index contributed by atoms with van der Waals surface area (Å²) in [5, 5.41) is 211. The monoisotopic (exact) mass is 1610 g/mol. The molecule has 0 aliphatic heterocycles. The maximum Gasteiger partial charge on any atom is 0.303 e. The number of carboxylic acids is 1. The molecule has 0 radical (unpaired) electrons. The summed E-state index contributed by atoms with van der Waals surface area (Å²) in [6.07, 6.45) is 1.59. The number of carboxylic acid groups (broad SMARTS) is 1. The van der Waals surface area contributed by atoms with Crippen LogP contribution in [-0.4, -0.2) is 294 Å². The van der Waals surface area contributed by atoms with Crippen LogP contribution < -0.4 is 17.2 Å². The van der Waals surface area contributed by atoms with E-state index in [0.29, 0.717) is 80.8 Å². The molecule has 0 saturated heterocycles. The van der Waals surface area contributed by atoms with Crippen LogP contribution >= 0.6 is 0 Å². The lowest BCUT2D eigenvalue weighted by molar-refractivity contribution is -0.137. The summed E-state index contributed by atoms with van der Waals surface area (Å²) in [6.45, 7) is 1.15. The summed E-state index contributed by atoms with van der Waals surface area (Å²) in [5.74, 6) is -13.4. The zero-order valence-corrected chi connectivity index (χ0v) is 63.7. The van der Waals surface area contributed by atoms with Crippen molar-refractivity contribution in [3.63, 3.8) is 0 Å². The van der Waals surface area contributed by atoms with E-state index in [1.807, 2.05) is 6.07 Å². The molecule has 0 bridgehead atoms. The number of aliphatic hydroxyl groups is 16. The first kappa shape index (κ1) is 88.9. The molecule has 0 unspecified atom stereocenters. The molecule has 8 rings (SSSR count). The molecule has 13 atom stereocenters. The SMILES string of the molecule is C[C@@H](O)[C@H](N=C(O)[C@H](Cc1c[nH]c2ccccc12)N=C(O)[C@H](CCCCN)N=C(O)[C@H](CC(=N)O)N=C(O)CN=C(O)[C@H](CCC(=O)O)N=C(O)[C@H](Cc1c[nH]c2ccccc12)N=C(O)[C@@H](N=C(O)[C@H](Cc1c[nH]c2ccccc12)N=C(O)[C@@H](N)CO)[C@@H](C)O)C(O)=N[C@@H](Cc1c[nH]c2ccccc12)C(O)=N[C@@H](CCCCN)C(=N)O. The van der Waals surface area contributed by atoms with Crippen molar-refractivity contribution in [3.8, 4) is 0 Å². The van der Waals surface area contributed by atoms with Gasteiger partial charge in [-0.05, 0) is 118 Å². The number of nitrogens with two attached hydrogens (primary N) is 3. The highest BCUT2D eigenvalue weighted by molar-refractivity contribution is 5.97. The Balaban J connectivity index is 1.13. The first-order valence-electron chi connectivity index (χ1n) is 37.4. The van der Waals surface area contributed by atoms with Gasteiger partial charge in [-0.3, -0.25) is 15.6 Å². The van der Waals surface area contributed by atoms with Gasteiger partial charge in [0.1, 0.15) is 60.9 Å². The lowest BCUT2D eigenvalue weighted by atomic mass is 10.0. The molecule has 116 heavy (non-hydrogen) atoms. The van der Waals surface area contributed by atoms with Crippen LogP contribution in [0.1, 0.15) is 93.9 Å². The number of carbonyl (C=O) groups is 1. The van der Waals surface area contributed by atoms with Crippen molar-refractivity contribution in [3.05, 3.63) is 144 Å². The number of nitrogens with one attached hydrogen (secondary N) is 6. The molecule has 0 amide bonds. The number of hydrogen-bond donors (Lipinski definition) is 26. The fourth-order valence-electron chi connectivity index (χ4n) is 12.7. The second-order valence-corrected chi connectivity index (χ2v) is 27.7. The lowest BCUT2D eigenvalue weighted by Crippen LogP contribution is -2.38. The smallest absolute Gasteiger partial charge is 0.303 e. The van der Waals surface area contributed by atoms with Gasteiger partial charge in [0.15, 0.2) is 18.0 Å². The summed E-state index contributed by atoms with van der Waals surface area (Å²) in [6, 6.07) is 10.7. The maximum absolute atomic E-state index is 12.2. The Kier molecular flexibility index (Phi) is 33.0. The molecule has 0 aliphatic carbocycles. The van der Waals surface area contributed by atoms with Gasteiger partial charge in [-0.2, -0.15) is 0 Å². The molecule has 0 fully saturated rings. The van der Waals surface area contributed by atoms with Crippen molar-refractivity contribution in [2.45, 2.75) is 176 Å². The first-order valence-corrected chi connectivity index (χ1v) is 37.4. The Hall–Kier alpha value is -12.6. The average molecular weight is 1610 g/mol. The molecule has 38 heteroatoms. The van der Waals surface area contributed by atoms with E-state index in [4.69, 9.17) is 28.0 Å². The largest absolute Gasteiger partial charge is 0.497 e. The molecular weight excluding hydrogens is 1500 g/mol. The predicted molar refractivity (Wildman–Crippen MR) is 448 cm³/mol. The number of aromatic nitrogens is 4. The minimum Gasteiger partial charge on any atom is -0.497 e. The van der Waals surface area contributed by atoms with Gasteiger partial charge in [-0.25, -0.2) is 54.9 Å². The Bertz CT molecular complexity index is 4990. The summed E-state index contributed by atoms with van der Waals surface area (Å²) >= 11 is 0. The minimum atomic E-state index is -1.87. The van der Waals surface area contributed by atoms with Gasteiger partial charge < -0.3 is 124 Å². The van der Waals surface area contributed by atoms with Gasteiger partial charge in [-0.15, -0.1) is 0 Å². The van der Waals surface area contributed by atoms with Crippen LogP contribution in [0.25, 0.3) is 43.6 Å². The number of unbranched alkanes of at least 4 members (excludes halogenated alkanes) is 2. The highest BCUT2D eigenvalue weighted by atomic mass is 16.4. The second-order valence-electron chi connectivity index (χ2n) is 27.7. The van der Waals surface area contributed by atoms with E-state index in [-0.39, 0.29) is 51.5 Å². The normalized spacial score (nSPS) is 17.2. The number of aromatic amines is 4. The number of benzene rings is 4. The van der Waals surface area contributed by atoms with E-state index in [0.717, 1.165) is 10.9 Å². The predicted octanol–water partition coefficient (Wildman–Crippen LogP) is 7.75. The molecule has 4 heterocycles. The fourth-order valence-corrected chi connectivity index (χ4v) is 12.7. The number of rotatable bonds is 47. The molecule has 4 aromatic carbocycles. The van der Waals surface area contributed by atoms with Crippen molar-refractivity contribution in [2.24, 2.45) is 72.1 Å². The number of aliphatic hydroxyl groups excluding tert-OH is 16. The van der Waals surface area contributed by atoms with Crippen LogP contribution in [0.15, 0.2) is 177 Å². The van der Waals surface area contributed by atoms with Crippen molar-refractivity contribution in [2.75, 3.05) is 26.2 Å². The quantitative estimate of drug-likeness (QED) is 0.00984. The summed E-state index contributed by atoms with van der Waals surface area (Å²) < 4.78 is 0. The van der Waals surface area contributed by atoms with Gasteiger partial charge in [0.25, 0.3) is 0 Å². The van der Waals surface area contributed by atoms with Crippen molar-refractivity contribution in [1.82, 2.24) is 19.9 Å². The number of nitrogens with zero attached hydrogens (tertiary/aromatic N) is 11. The Labute approximate surface area is 664 Å². The summed E-state index contributed by atoms with van der Waals surface area (Å²) in [4.78, 5) is 71.1. The number of H-pyrrole nitrogens is 4. The molecule has 0 saturated carbocycles. The molecule has 0 spiro atoms. The van der Waals surface area contributed by atoms with Crippen LogP contribution in [0.2, 0.25) is 0 Å². The fraction of sp³-hybridized carbons (Fsp3) is 0.410. The Morgan fingerprint density at radius 1 is 0.397 bits per heavy atom. The standard InChI is InChI=1S/C78H102N20O18/c1-40(100)66(97-75(113)60(93-69(107)50(81)39-99)31-44-36-86-53-21-9-5-17-48(44)53)78(116)96-59(30-43-35-85-52-20-8-4-16-47(43)52)73(111)92-57(25-26-65(104)105)70(108)88-38-64(103)89-62(33-63(82)102)74(112)91-56(24-12-14-28-80)71(109)94-61(32-45-37-87-54-22-10-6-18-49(45)54)76(114)98-67(41(2)101)77(115)95-58(29-42-34-84-51-19-7-3-15-46(42)51)72(110)90-55(68(83)106)23-11-13-27-79/h3-10,15-22,34-37,40-41,50,55-62,66-67,84-87,99-101H,11-14,23-33,38-39,79-81H2,1-2H3,(H2,82,102)(H2,83,106)(H,88,108)(H,89,103)(H,90,110)(H,91,112)(H,92,111)(H,93,107)(H,94,109)(H,95,115)(H,96,116)(H,97,113)(H,98,114)(H,104,105)/t40-,41-,50+,55+,56+,57+,58+,59+,60+,61+,62+,66+,67+/m1/s1. The van der Waals surface area contributed by atoms with Gasteiger partial charge >= 0.3 is 5.97 Å². The van der Waals surface area contributed by atoms with Gasteiger partial charge in [0.2, 0.25) is 70.8 Å². The number of aliphatic carboxylic acids is 1. The van der Waals surface area contributed by atoms with Crippen LogP contribution in [0.5, 0.6) is 0 Å². The third kappa shape index (κ3) is 25.2. The number of hydrogen-bond acceptors (Lipinski definition) is 20. The van der Waals surface area contributed by atoms with Gasteiger partial charge in [-0.1, -0.05) is 72.8 Å². The van der Waals surface area contributed by atoms with Crippen LogP contribution in [0, 0.1) is 10.8 Å². The van der Waals surface area contributed by atoms with E-state index in [2.05, 4.69) is 74.9 Å². The first-order chi connectivity index (χ1) is 55.5. The highest BCUT2D eigenvalue weighted by Gasteiger charge is 2.33. The molecule has 0 aliphatic rings. The lowest BCUT2D eigenvalue weighted by Gasteiger charge is -2.20. The number of para-hydroxylation sites is 4. The van der Waals surface area contributed by atoms with Crippen molar-refractivity contribution in [1.29, 1.82) is 10.8 Å². The van der Waals surface area contributed by atoms with Gasteiger partial charge in [0.05, 0.1) is 25.2 Å². The molecule has 4 aromatic heterocycles. The Morgan fingerprint density at radius 3 is 1.07 bits per heavy atom. The molecule has 8 aromatic rings. The average Bonchev–Trinajstić information content (AvgIpc) is 1.64. The zero-order chi connectivity index (χ0) is 84.3. The molecular formula is C78H102N20O18. The third-order valence-electron chi connectivity index (χ3n) is 18.9. The number of fused-ring (bicyclic) bond motifs is 4. The van der Waals surface area contributed by atoms with E-state index < -0.39 is 194 Å². The molecule has 622 valence electrons. The van der Waals surface area contributed by atoms with Crippen LogP contribution in [0.4, 0.5) is 0 Å². The van der Waals surface area contributed by atoms with E-state index in [1.54, 1.807) is 116 Å². The van der Waals surface area contributed by atoms with Crippen molar-refractivity contribution >= 4 is 126 Å². The highest BCUT2D eigenvalue weighted by Crippen LogP contribution is 2.27. The third-order valence-corrected chi connectivity index (χ3v) is 18.9. The Morgan fingerprint density at radius 2 is 0.716 bits per heavy atom. The van der Waals surface area contributed by atoms with Crippen LogP contribution in [-0.2, 0) is 30.5 Å². The molecule has 29 N–H and O–H groups in total. The maximum atomic E-state index is 12.2. The summed E-state index contributed by atoms with van der Waals surface area (Å²) in [5.41, 5.74) is 22.3. The van der Waals surface area contributed by atoms with E-state index in [1.165, 1.54) is 13.8 Å². The summed E-state index contributed by atoms with van der Waals surface area (Å²) in [7, 11) is 0. The second kappa shape index (κ2) is 43.0. The zero-order valence-electron chi connectivity index (χ0n) is 63.7. The minimum absolute atomic E-state index is 0.119.